The van der Waals surface area contributed by atoms with Crippen molar-refractivity contribution in [2.45, 2.75) is 79.1 Å². The SMILES string of the molecule is CCOc1ccc(COC(=O)N(Cc2ccc(C(C)(C)C)cc2)c2cc3c(cc2C)OC(C)(CC)C=C3)cc1. The highest BCUT2D eigenvalue weighted by atomic mass is 16.6. The van der Waals surface area contributed by atoms with Gasteiger partial charge in [0, 0.05) is 5.56 Å². The van der Waals surface area contributed by atoms with Crippen molar-refractivity contribution in [3.05, 3.63) is 94.6 Å². The third-order valence-electron chi connectivity index (χ3n) is 7.26. The smallest absolute Gasteiger partial charge is 0.414 e. The van der Waals surface area contributed by atoms with E-state index < -0.39 is 6.09 Å². The minimum absolute atomic E-state index is 0.0588. The molecule has 1 amide bonds. The maximum Gasteiger partial charge on any atom is 0.414 e. The molecule has 4 rings (SSSR count). The Morgan fingerprint density at radius 2 is 1.64 bits per heavy atom. The number of ether oxygens (including phenoxy) is 3. The fourth-order valence-electron chi connectivity index (χ4n) is 4.55. The van der Waals surface area contributed by atoms with Crippen LogP contribution < -0.4 is 14.4 Å². The van der Waals surface area contributed by atoms with Gasteiger partial charge < -0.3 is 14.2 Å². The number of nitrogens with zero attached hydrogens (tertiary/aromatic N) is 1. The summed E-state index contributed by atoms with van der Waals surface area (Å²) < 4.78 is 17.7. The quantitative estimate of drug-likeness (QED) is 0.294. The minimum atomic E-state index is -0.397. The van der Waals surface area contributed by atoms with Gasteiger partial charge in [-0.05, 0) is 85.2 Å². The molecule has 1 atom stereocenters. The maximum absolute atomic E-state index is 13.6. The molecule has 1 aliphatic heterocycles. The Balaban J connectivity index is 1.62. The summed E-state index contributed by atoms with van der Waals surface area (Å²) in [6.45, 7) is 15.9. The van der Waals surface area contributed by atoms with E-state index in [1.54, 1.807) is 4.90 Å². The minimum Gasteiger partial charge on any atom is -0.494 e. The number of anilines is 1. The molecule has 0 bridgehead atoms. The van der Waals surface area contributed by atoms with E-state index in [4.69, 9.17) is 14.2 Å². The van der Waals surface area contributed by atoms with Crippen molar-refractivity contribution in [3.63, 3.8) is 0 Å². The second-order valence-electron chi connectivity index (χ2n) is 11.4. The van der Waals surface area contributed by atoms with Crippen molar-refractivity contribution < 1.29 is 19.0 Å². The van der Waals surface area contributed by atoms with Crippen molar-refractivity contribution in [1.82, 2.24) is 0 Å². The molecule has 0 radical (unpaired) electrons. The number of carbonyl (C=O) groups is 1. The molecule has 0 saturated heterocycles. The first-order valence-corrected chi connectivity index (χ1v) is 13.8. The van der Waals surface area contributed by atoms with Crippen LogP contribution in [0.4, 0.5) is 10.5 Å². The van der Waals surface area contributed by atoms with E-state index in [2.05, 4.69) is 71.0 Å². The fraction of sp³-hybridized carbons (Fsp3) is 0.382. The van der Waals surface area contributed by atoms with Crippen LogP contribution in [0.15, 0.2) is 66.7 Å². The normalized spacial score (nSPS) is 16.3. The molecule has 0 spiro atoms. The lowest BCUT2D eigenvalue weighted by Gasteiger charge is -2.32. The maximum atomic E-state index is 13.6. The molecule has 5 nitrogen and oxygen atoms in total. The van der Waals surface area contributed by atoms with Gasteiger partial charge in [-0.15, -0.1) is 0 Å². The van der Waals surface area contributed by atoms with Crippen molar-refractivity contribution in [1.29, 1.82) is 0 Å². The second-order valence-corrected chi connectivity index (χ2v) is 11.4. The zero-order chi connectivity index (χ0) is 28.2. The number of hydrogen-bond donors (Lipinski definition) is 0. The average Bonchev–Trinajstić information content (AvgIpc) is 2.91. The topological polar surface area (TPSA) is 48.0 Å². The third kappa shape index (κ3) is 6.83. The van der Waals surface area contributed by atoms with Crippen molar-refractivity contribution in [3.8, 4) is 11.5 Å². The predicted molar refractivity (Wildman–Crippen MR) is 159 cm³/mol. The van der Waals surface area contributed by atoms with E-state index in [0.29, 0.717) is 13.2 Å². The summed E-state index contributed by atoms with van der Waals surface area (Å²) in [4.78, 5) is 15.3. The molecule has 1 unspecified atom stereocenters. The van der Waals surface area contributed by atoms with Gasteiger partial charge in [0.2, 0.25) is 0 Å². The van der Waals surface area contributed by atoms with Crippen molar-refractivity contribution >= 4 is 17.9 Å². The van der Waals surface area contributed by atoms with Crippen LogP contribution in [0.5, 0.6) is 11.5 Å². The van der Waals surface area contributed by atoms with Gasteiger partial charge in [-0.3, -0.25) is 4.90 Å². The summed E-state index contributed by atoms with van der Waals surface area (Å²) in [6, 6.07) is 20.1. The number of amides is 1. The van der Waals surface area contributed by atoms with E-state index >= 15 is 0 Å². The summed E-state index contributed by atoms with van der Waals surface area (Å²) >= 11 is 0. The molecule has 0 aliphatic carbocycles. The molecule has 1 aliphatic rings. The molecule has 206 valence electrons. The van der Waals surface area contributed by atoms with Crippen molar-refractivity contribution in [2.75, 3.05) is 11.5 Å². The summed E-state index contributed by atoms with van der Waals surface area (Å²) in [6.07, 6.45) is 4.66. The Hall–Kier alpha value is -3.73. The van der Waals surface area contributed by atoms with Crippen LogP contribution in [0.1, 0.15) is 75.8 Å². The van der Waals surface area contributed by atoms with E-state index in [1.807, 2.05) is 50.2 Å². The van der Waals surface area contributed by atoms with E-state index in [9.17, 15) is 4.79 Å². The van der Waals surface area contributed by atoms with Crippen LogP contribution in [0, 0.1) is 6.92 Å². The Kier molecular flexibility index (Phi) is 8.39. The number of fused-ring (bicyclic) bond motifs is 1. The lowest BCUT2D eigenvalue weighted by atomic mass is 9.87. The number of carbonyl (C=O) groups excluding carboxylic acids is 1. The standard InChI is InChI=1S/C34H41NO4/c1-8-34(7)19-18-27-21-30(24(3)20-31(27)39-34)35(22-25-10-14-28(15-11-25)33(4,5)6)32(36)38-23-26-12-16-29(17-13-26)37-9-2/h10-21H,8-9,22-23H2,1-7H3. The van der Waals surface area contributed by atoms with Gasteiger partial charge in [0.15, 0.2) is 0 Å². The highest BCUT2D eigenvalue weighted by molar-refractivity contribution is 5.89. The predicted octanol–water partition coefficient (Wildman–Crippen LogP) is 8.61. The molecule has 3 aromatic carbocycles. The van der Waals surface area contributed by atoms with Gasteiger partial charge in [-0.1, -0.05) is 70.2 Å². The number of aryl methyl sites for hydroxylation is 1. The first kappa shape index (κ1) is 28.3. The molecule has 5 heteroatoms. The Morgan fingerprint density at radius 1 is 0.974 bits per heavy atom. The zero-order valence-electron chi connectivity index (χ0n) is 24.3. The van der Waals surface area contributed by atoms with Crippen LogP contribution >= 0.6 is 0 Å². The number of rotatable bonds is 8. The molecule has 1 heterocycles. The van der Waals surface area contributed by atoms with Crippen molar-refractivity contribution in [2.24, 2.45) is 0 Å². The van der Waals surface area contributed by atoms with Gasteiger partial charge in [0.1, 0.15) is 23.7 Å². The second kappa shape index (κ2) is 11.6. The molecule has 39 heavy (non-hydrogen) atoms. The molecule has 3 aromatic rings. The monoisotopic (exact) mass is 527 g/mol. The van der Waals surface area contributed by atoms with Gasteiger partial charge >= 0.3 is 6.09 Å². The van der Waals surface area contributed by atoms with Gasteiger partial charge in [0.25, 0.3) is 0 Å². The lowest BCUT2D eigenvalue weighted by molar-refractivity contribution is 0.133. The fourth-order valence-corrected chi connectivity index (χ4v) is 4.55. The highest BCUT2D eigenvalue weighted by Gasteiger charge is 2.28. The largest absolute Gasteiger partial charge is 0.494 e. The highest BCUT2D eigenvalue weighted by Crippen LogP contribution is 2.38. The van der Waals surface area contributed by atoms with E-state index in [1.165, 1.54) is 5.56 Å². The van der Waals surface area contributed by atoms with E-state index in [0.717, 1.165) is 45.9 Å². The number of benzene rings is 3. The first-order chi connectivity index (χ1) is 18.5. The van der Waals surface area contributed by atoms with Gasteiger partial charge in [0.05, 0.1) is 18.8 Å². The summed E-state index contributed by atoms with van der Waals surface area (Å²) in [7, 11) is 0. The molecular weight excluding hydrogens is 486 g/mol. The molecular formula is C34H41NO4. The average molecular weight is 528 g/mol. The van der Waals surface area contributed by atoms with Crippen LogP contribution in [0.25, 0.3) is 6.08 Å². The third-order valence-corrected chi connectivity index (χ3v) is 7.26. The number of hydrogen-bond acceptors (Lipinski definition) is 4. The van der Waals surface area contributed by atoms with Crippen LogP contribution in [-0.4, -0.2) is 18.3 Å². The molecule has 0 aromatic heterocycles. The van der Waals surface area contributed by atoms with Crippen LogP contribution in [0.2, 0.25) is 0 Å². The molecule has 0 fully saturated rings. The lowest BCUT2D eigenvalue weighted by Crippen LogP contribution is -2.33. The van der Waals surface area contributed by atoms with E-state index in [-0.39, 0.29) is 17.6 Å². The molecule has 0 saturated carbocycles. The van der Waals surface area contributed by atoms with Gasteiger partial charge in [-0.25, -0.2) is 4.79 Å². The van der Waals surface area contributed by atoms with Crippen LogP contribution in [0.3, 0.4) is 0 Å². The van der Waals surface area contributed by atoms with Crippen LogP contribution in [-0.2, 0) is 23.3 Å². The Morgan fingerprint density at radius 3 is 2.26 bits per heavy atom. The summed E-state index contributed by atoms with van der Waals surface area (Å²) in [5.74, 6) is 1.63. The first-order valence-electron chi connectivity index (χ1n) is 13.8. The van der Waals surface area contributed by atoms with Gasteiger partial charge in [-0.2, -0.15) is 0 Å². The Labute approximate surface area is 233 Å². The summed E-state index contributed by atoms with van der Waals surface area (Å²) in [5, 5.41) is 0. The Bertz CT molecular complexity index is 1320. The summed E-state index contributed by atoms with van der Waals surface area (Å²) in [5.41, 5.74) is 5.62. The zero-order valence-corrected chi connectivity index (χ0v) is 24.3. The molecule has 0 N–H and O–H groups in total.